The van der Waals surface area contributed by atoms with Crippen molar-refractivity contribution in [3.63, 3.8) is 0 Å². The maximum atomic E-state index is 12.9. The molecular weight excluding hydrogens is 308 g/mol. The van der Waals surface area contributed by atoms with Crippen molar-refractivity contribution in [1.82, 2.24) is 0 Å². The predicted molar refractivity (Wildman–Crippen MR) is 87.7 cm³/mol. The summed E-state index contributed by atoms with van der Waals surface area (Å²) in [6.45, 7) is 0. The fourth-order valence-electron chi connectivity index (χ4n) is 3.27. The van der Waals surface area contributed by atoms with Crippen LogP contribution in [0, 0.1) is 5.92 Å². The summed E-state index contributed by atoms with van der Waals surface area (Å²) in [5.74, 6) is -1.11. The molecule has 1 aliphatic carbocycles. The van der Waals surface area contributed by atoms with E-state index in [0.29, 0.717) is 17.1 Å². The van der Waals surface area contributed by atoms with Crippen LogP contribution in [0.2, 0.25) is 0 Å². The number of carbonyl (C=O) groups excluding carboxylic acids is 2. The molecule has 0 amide bonds. The van der Waals surface area contributed by atoms with Gasteiger partial charge in [0.1, 0.15) is 5.92 Å². The molecular formula is C19H18O5. The molecule has 2 atom stereocenters. The van der Waals surface area contributed by atoms with E-state index < -0.39 is 17.8 Å². The smallest absolute Gasteiger partial charge is 0.317 e. The number of fused-ring (bicyclic) bond motifs is 1. The number of hydrogen-bond acceptors (Lipinski definition) is 5. The molecule has 0 saturated heterocycles. The van der Waals surface area contributed by atoms with Gasteiger partial charge in [-0.2, -0.15) is 0 Å². The van der Waals surface area contributed by atoms with Gasteiger partial charge in [-0.1, -0.05) is 30.3 Å². The quantitative estimate of drug-likeness (QED) is 0.639. The standard InChI is InChI=1S/C19H18O5/c1-22-14-9-12-13(10-15(14)23-2)18(20)17(19(21)24-3)16(12)11-7-5-4-6-8-11/h4-10,16-17H,1-3H3/t16-,17+/m0/s1. The molecule has 0 radical (unpaired) electrons. The van der Waals surface area contributed by atoms with Gasteiger partial charge in [0.25, 0.3) is 0 Å². The predicted octanol–water partition coefficient (Wildman–Crippen LogP) is 2.82. The fraction of sp³-hybridized carbons (Fsp3) is 0.263. The molecule has 2 aromatic rings. The summed E-state index contributed by atoms with van der Waals surface area (Å²) in [5.41, 5.74) is 2.10. The molecule has 0 bridgehead atoms. The number of rotatable bonds is 4. The maximum absolute atomic E-state index is 12.9. The Morgan fingerprint density at radius 1 is 0.958 bits per heavy atom. The zero-order valence-corrected chi connectivity index (χ0v) is 13.7. The third kappa shape index (κ3) is 2.42. The van der Waals surface area contributed by atoms with E-state index in [1.165, 1.54) is 21.3 Å². The fourth-order valence-corrected chi connectivity index (χ4v) is 3.27. The van der Waals surface area contributed by atoms with Crippen LogP contribution in [0.15, 0.2) is 42.5 Å². The topological polar surface area (TPSA) is 61.8 Å². The van der Waals surface area contributed by atoms with Crippen LogP contribution in [0.25, 0.3) is 0 Å². The van der Waals surface area contributed by atoms with Crippen LogP contribution in [0.3, 0.4) is 0 Å². The number of benzene rings is 2. The average Bonchev–Trinajstić information content (AvgIpc) is 2.92. The zero-order valence-electron chi connectivity index (χ0n) is 13.7. The number of esters is 1. The molecule has 0 aliphatic heterocycles. The molecule has 0 unspecified atom stereocenters. The van der Waals surface area contributed by atoms with Crippen LogP contribution < -0.4 is 9.47 Å². The lowest BCUT2D eigenvalue weighted by Crippen LogP contribution is -2.26. The Bertz CT molecular complexity index is 782. The number of methoxy groups -OCH3 is 3. The van der Waals surface area contributed by atoms with E-state index in [-0.39, 0.29) is 5.78 Å². The van der Waals surface area contributed by atoms with Crippen molar-refractivity contribution in [3.8, 4) is 11.5 Å². The Morgan fingerprint density at radius 2 is 1.58 bits per heavy atom. The van der Waals surface area contributed by atoms with Gasteiger partial charge in [-0.15, -0.1) is 0 Å². The van der Waals surface area contributed by atoms with Gasteiger partial charge in [-0.3, -0.25) is 9.59 Å². The Balaban J connectivity index is 2.22. The monoisotopic (exact) mass is 326 g/mol. The van der Waals surface area contributed by atoms with Crippen molar-refractivity contribution in [3.05, 3.63) is 59.2 Å². The van der Waals surface area contributed by atoms with Crippen molar-refractivity contribution in [2.24, 2.45) is 5.92 Å². The van der Waals surface area contributed by atoms with Crippen LogP contribution in [-0.2, 0) is 9.53 Å². The van der Waals surface area contributed by atoms with Gasteiger partial charge in [0, 0.05) is 11.5 Å². The largest absolute Gasteiger partial charge is 0.493 e. The Hall–Kier alpha value is -2.82. The molecule has 5 nitrogen and oxygen atoms in total. The highest BCUT2D eigenvalue weighted by atomic mass is 16.5. The number of ketones is 1. The lowest BCUT2D eigenvalue weighted by molar-refractivity contribution is -0.143. The van der Waals surface area contributed by atoms with Gasteiger partial charge in [0.05, 0.1) is 21.3 Å². The number of ether oxygens (including phenoxy) is 3. The van der Waals surface area contributed by atoms with Crippen molar-refractivity contribution < 1.29 is 23.8 Å². The summed E-state index contributed by atoms with van der Waals surface area (Å²) in [6.07, 6.45) is 0. The summed E-state index contributed by atoms with van der Waals surface area (Å²) in [4.78, 5) is 25.1. The zero-order chi connectivity index (χ0) is 17.3. The van der Waals surface area contributed by atoms with Crippen LogP contribution in [0.5, 0.6) is 11.5 Å². The SMILES string of the molecule is COC(=O)[C@H]1C(=O)c2cc(OC)c(OC)cc2[C@@H]1c1ccccc1. The van der Waals surface area contributed by atoms with E-state index in [4.69, 9.17) is 14.2 Å². The molecule has 0 heterocycles. The molecule has 0 aromatic heterocycles. The number of carbonyl (C=O) groups is 2. The molecule has 5 heteroatoms. The normalized spacial score (nSPS) is 18.9. The van der Waals surface area contributed by atoms with Gasteiger partial charge in [0.15, 0.2) is 17.3 Å². The van der Waals surface area contributed by atoms with Crippen LogP contribution in [-0.4, -0.2) is 33.1 Å². The van der Waals surface area contributed by atoms with Crippen LogP contribution in [0.4, 0.5) is 0 Å². The lowest BCUT2D eigenvalue weighted by atomic mass is 9.85. The van der Waals surface area contributed by atoms with Gasteiger partial charge < -0.3 is 14.2 Å². The second-order valence-corrected chi connectivity index (χ2v) is 5.55. The lowest BCUT2D eigenvalue weighted by Gasteiger charge is -2.18. The third-order valence-corrected chi connectivity index (χ3v) is 4.39. The molecule has 0 N–H and O–H groups in total. The first-order valence-electron chi connectivity index (χ1n) is 7.55. The summed E-state index contributed by atoms with van der Waals surface area (Å²) in [7, 11) is 4.34. The van der Waals surface area contributed by atoms with E-state index in [2.05, 4.69) is 0 Å². The second-order valence-electron chi connectivity index (χ2n) is 5.55. The highest BCUT2D eigenvalue weighted by Gasteiger charge is 2.46. The van der Waals surface area contributed by atoms with E-state index in [1.54, 1.807) is 12.1 Å². The van der Waals surface area contributed by atoms with Crippen LogP contribution in [0.1, 0.15) is 27.4 Å². The van der Waals surface area contributed by atoms with Crippen molar-refractivity contribution in [2.75, 3.05) is 21.3 Å². The van der Waals surface area contributed by atoms with Gasteiger partial charge in [-0.05, 0) is 23.3 Å². The van der Waals surface area contributed by atoms with Gasteiger partial charge in [0.2, 0.25) is 0 Å². The minimum absolute atomic E-state index is 0.258. The summed E-state index contributed by atoms with van der Waals surface area (Å²) in [6, 6.07) is 12.9. The molecule has 1 aliphatic rings. The first kappa shape index (κ1) is 16.1. The van der Waals surface area contributed by atoms with Crippen molar-refractivity contribution in [2.45, 2.75) is 5.92 Å². The van der Waals surface area contributed by atoms with E-state index in [0.717, 1.165) is 11.1 Å². The van der Waals surface area contributed by atoms with Gasteiger partial charge in [-0.25, -0.2) is 0 Å². The van der Waals surface area contributed by atoms with Crippen molar-refractivity contribution >= 4 is 11.8 Å². The molecule has 0 fully saturated rings. The minimum atomic E-state index is -0.899. The maximum Gasteiger partial charge on any atom is 0.317 e. The Morgan fingerprint density at radius 3 is 2.17 bits per heavy atom. The average molecular weight is 326 g/mol. The molecule has 0 spiro atoms. The van der Waals surface area contributed by atoms with E-state index >= 15 is 0 Å². The number of hydrogen-bond donors (Lipinski definition) is 0. The Kier molecular flexibility index (Phi) is 4.25. The third-order valence-electron chi connectivity index (χ3n) is 4.39. The number of Topliss-reactive ketones (excluding diaryl/α,β-unsaturated/α-hetero) is 1. The summed E-state index contributed by atoms with van der Waals surface area (Å²) >= 11 is 0. The molecule has 124 valence electrons. The highest BCUT2D eigenvalue weighted by molar-refractivity contribution is 6.14. The molecule has 0 saturated carbocycles. The van der Waals surface area contributed by atoms with E-state index in [1.807, 2.05) is 30.3 Å². The first-order valence-corrected chi connectivity index (χ1v) is 7.55. The van der Waals surface area contributed by atoms with Gasteiger partial charge >= 0.3 is 5.97 Å². The first-order chi connectivity index (χ1) is 11.6. The highest BCUT2D eigenvalue weighted by Crippen LogP contribution is 2.46. The molecule has 2 aromatic carbocycles. The Labute approximate surface area is 140 Å². The minimum Gasteiger partial charge on any atom is -0.493 e. The van der Waals surface area contributed by atoms with E-state index in [9.17, 15) is 9.59 Å². The second kappa shape index (κ2) is 6.35. The molecule has 3 rings (SSSR count). The summed E-state index contributed by atoms with van der Waals surface area (Å²) < 4.78 is 15.5. The van der Waals surface area contributed by atoms with Crippen LogP contribution >= 0.6 is 0 Å². The van der Waals surface area contributed by atoms with Crippen molar-refractivity contribution in [1.29, 1.82) is 0 Å². The molecule has 24 heavy (non-hydrogen) atoms. The summed E-state index contributed by atoms with van der Waals surface area (Å²) in [5, 5.41) is 0.